The molecule has 10 heteroatoms. The van der Waals surface area contributed by atoms with Gasteiger partial charge in [0.25, 0.3) is 5.91 Å². The Hall–Kier alpha value is -3.40. The number of fused-ring (bicyclic) bond motifs is 1. The number of urea groups is 1. The van der Waals surface area contributed by atoms with Crippen LogP contribution in [0.4, 0.5) is 4.79 Å². The van der Waals surface area contributed by atoms with E-state index in [1.54, 1.807) is 37.3 Å². The summed E-state index contributed by atoms with van der Waals surface area (Å²) in [5.41, 5.74) is -1.30. The van der Waals surface area contributed by atoms with Crippen molar-refractivity contribution < 1.29 is 28.7 Å². The average molecular weight is 500 g/mol. The second-order valence-corrected chi connectivity index (χ2v) is 10.9. The molecule has 2 aromatic rings. The summed E-state index contributed by atoms with van der Waals surface area (Å²) in [6.07, 6.45) is 0.750. The van der Waals surface area contributed by atoms with E-state index in [0.717, 1.165) is 16.2 Å². The number of amides is 4. The van der Waals surface area contributed by atoms with E-state index in [0.29, 0.717) is 41.7 Å². The molecule has 2 aliphatic heterocycles. The molecule has 0 spiro atoms. The van der Waals surface area contributed by atoms with E-state index >= 15 is 0 Å². The van der Waals surface area contributed by atoms with E-state index in [1.165, 1.54) is 11.3 Å². The largest absolute Gasteiger partial charge is 0.490 e. The topological polar surface area (TPSA) is 114 Å². The third-order valence-electron chi connectivity index (χ3n) is 5.94. The maximum absolute atomic E-state index is 13.3. The minimum atomic E-state index is -1.33. The zero-order valence-corrected chi connectivity index (χ0v) is 21.0. The fourth-order valence-corrected chi connectivity index (χ4v) is 4.66. The van der Waals surface area contributed by atoms with Crippen LogP contribution in [-0.2, 0) is 21.7 Å². The van der Waals surface area contributed by atoms with Crippen LogP contribution in [0.15, 0.2) is 30.3 Å². The van der Waals surface area contributed by atoms with Gasteiger partial charge in [-0.15, -0.1) is 11.3 Å². The van der Waals surface area contributed by atoms with Crippen LogP contribution in [0.1, 0.15) is 54.2 Å². The Kier molecular flexibility index (Phi) is 6.59. The van der Waals surface area contributed by atoms with Gasteiger partial charge >= 0.3 is 6.03 Å². The Morgan fingerprint density at radius 1 is 1.11 bits per heavy atom. The first-order chi connectivity index (χ1) is 16.5. The number of benzene rings is 1. The maximum Gasteiger partial charge on any atom is 0.325 e. The number of Topliss-reactive ketones (excluding diaryl/α,β-unsaturated/α-hetero) is 1. The first-order valence-corrected chi connectivity index (χ1v) is 12.2. The van der Waals surface area contributed by atoms with Gasteiger partial charge in [0.05, 0.1) is 31.2 Å². The fraction of sp³-hybridized carbons (Fsp3) is 0.440. The molecule has 1 fully saturated rings. The summed E-state index contributed by atoms with van der Waals surface area (Å²) in [6, 6.07) is 7.91. The molecule has 1 aromatic carbocycles. The Labute approximate surface area is 207 Å². The molecule has 9 nitrogen and oxygen atoms in total. The van der Waals surface area contributed by atoms with Crippen molar-refractivity contribution in [2.24, 2.45) is 5.41 Å². The fourth-order valence-electron chi connectivity index (χ4n) is 3.79. The minimum Gasteiger partial charge on any atom is -0.490 e. The average Bonchev–Trinajstić information content (AvgIpc) is 3.26. The number of imide groups is 1. The molecule has 35 heavy (non-hydrogen) atoms. The predicted molar refractivity (Wildman–Crippen MR) is 130 cm³/mol. The normalized spacial score (nSPS) is 19.8. The Balaban J connectivity index is 1.44. The predicted octanol–water partition coefficient (Wildman–Crippen LogP) is 3.22. The Morgan fingerprint density at radius 3 is 2.54 bits per heavy atom. The monoisotopic (exact) mass is 499 g/mol. The molecule has 0 saturated carbocycles. The molecule has 3 heterocycles. The maximum atomic E-state index is 13.3. The van der Waals surface area contributed by atoms with Gasteiger partial charge in [0.1, 0.15) is 5.54 Å². The molecule has 1 aromatic heterocycles. The van der Waals surface area contributed by atoms with Gasteiger partial charge < -0.3 is 20.1 Å². The summed E-state index contributed by atoms with van der Waals surface area (Å²) in [5, 5.41) is 5.57. The lowest BCUT2D eigenvalue weighted by molar-refractivity contribution is -0.131. The van der Waals surface area contributed by atoms with Crippen LogP contribution in [-0.4, -0.2) is 48.3 Å². The third kappa shape index (κ3) is 5.02. The standard InChI is InChI=1S/C25H29N3O6S/c1-24(2,3)21(30)26-13-16-7-9-20(35-16)17(29)14-28-22(31)25(4,27-23(28)32)15-6-8-18-19(12-15)34-11-5-10-33-18/h6-9,12H,5,10-11,13-14H2,1-4H3,(H,26,30)(H,27,32). The van der Waals surface area contributed by atoms with Crippen molar-refractivity contribution in [2.75, 3.05) is 19.8 Å². The molecule has 4 amide bonds. The molecule has 0 aliphatic carbocycles. The van der Waals surface area contributed by atoms with Crippen LogP contribution in [0.2, 0.25) is 0 Å². The van der Waals surface area contributed by atoms with Crippen molar-refractivity contribution >= 4 is 35.0 Å². The summed E-state index contributed by atoms with van der Waals surface area (Å²) in [4.78, 5) is 53.1. The van der Waals surface area contributed by atoms with Crippen LogP contribution in [0.5, 0.6) is 11.5 Å². The molecule has 1 unspecified atom stereocenters. The van der Waals surface area contributed by atoms with Crippen molar-refractivity contribution in [3.05, 3.63) is 45.6 Å². The van der Waals surface area contributed by atoms with Gasteiger partial charge in [-0.05, 0) is 36.8 Å². The molecule has 0 radical (unpaired) electrons. The zero-order valence-electron chi connectivity index (χ0n) is 20.2. The molecule has 1 saturated heterocycles. The smallest absolute Gasteiger partial charge is 0.325 e. The molecule has 1 atom stereocenters. The van der Waals surface area contributed by atoms with Gasteiger partial charge in [0.2, 0.25) is 5.91 Å². The van der Waals surface area contributed by atoms with Crippen molar-refractivity contribution in [3.63, 3.8) is 0 Å². The third-order valence-corrected chi connectivity index (χ3v) is 7.07. The van der Waals surface area contributed by atoms with Crippen molar-refractivity contribution in [2.45, 2.75) is 46.2 Å². The summed E-state index contributed by atoms with van der Waals surface area (Å²) < 4.78 is 11.4. The van der Waals surface area contributed by atoms with Crippen molar-refractivity contribution in [1.82, 2.24) is 15.5 Å². The van der Waals surface area contributed by atoms with Crippen LogP contribution in [0, 0.1) is 5.41 Å². The second kappa shape index (κ2) is 9.33. The molecule has 4 rings (SSSR count). The van der Waals surface area contributed by atoms with Gasteiger partial charge in [-0.25, -0.2) is 4.79 Å². The summed E-state index contributed by atoms with van der Waals surface area (Å²) in [6.45, 7) is 8.05. The van der Waals surface area contributed by atoms with Crippen LogP contribution in [0.3, 0.4) is 0 Å². The number of hydrogen-bond donors (Lipinski definition) is 2. The highest BCUT2D eigenvalue weighted by molar-refractivity contribution is 7.14. The van der Waals surface area contributed by atoms with E-state index in [4.69, 9.17) is 9.47 Å². The lowest BCUT2D eigenvalue weighted by Crippen LogP contribution is -2.41. The number of ketones is 1. The van der Waals surface area contributed by atoms with Crippen LogP contribution < -0.4 is 20.1 Å². The number of thiophene rings is 1. The summed E-state index contributed by atoms with van der Waals surface area (Å²) >= 11 is 1.23. The van der Waals surface area contributed by atoms with Gasteiger partial charge in [0.15, 0.2) is 17.3 Å². The summed E-state index contributed by atoms with van der Waals surface area (Å²) in [5.74, 6) is 0.148. The van der Waals surface area contributed by atoms with E-state index in [-0.39, 0.29) is 18.2 Å². The highest BCUT2D eigenvalue weighted by Gasteiger charge is 2.49. The first-order valence-electron chi connectivity index (χ1n) is 11.4. The SMILES string of the molecule is CC(C)(C)C(=O)NCc1ccc(C(=O)CN2C(=O)NC(C)(c3ccc4c(c3)OCCCO4)C2=O)s1. The van der Waals surface area contributed by atoms with Crippen molar-refractivity contribution in [1.29, 1.82) is 0 Å². The molecular formula is C25H29N3O6S. The summed E-state index contributed by atoms with van der Waals surface area (Å²) in [7, 11) is 0. The number of rotatable bonds is 6. The molecule has 2 aliphatic rings. The molecular weight excluding hydrogens is 470 g/mol. The van der Waals surface area contributed by atoms with Crippen molar-refractivity contribution in [3.8, 4) is 11.5 Å². The first kappa shape index (κ1) is 24.7. The lowest BCUT2D eigenvalue weighted by Gasteiger charge is -2.23. The number of nitrogens with zero attached hydrogens (tertiary/aromatic N) is 1. The molecule has 186 valence electrons. The number of nitrogens with one attached hydrogen (secondary N) is 2. The van der Waals surface area contributed by atoms with Gasteiger partial charge in [-0.3, -0.25) is 19.3 Å². The Morgan fingerprint density at radius 2 is 1.83 bits per heavy atom. The van der Waals surface area contributed by atoms with E-state index in [1.807, 2.05) is 20.8 Å². The highest BCUT2D eigenvalue weighted by atomic mass is 32.1. The highest BCUT2D eigenvalue weighted by Crippen LogP contribution is 2.36. The second-order valence-electron chi connectivity index (χ2n) is 9.78. The van der Waals surface area contributed by atoms with Crippen LogP contribution >= 0.6 is 11.3 Å². The quantitative estimate of drug-likeness (QED) is 0.466. The zero-order chi connectivity index (χ0) is 25.4. The van der Waals surface area contributed by atoms with Gasteiger partial charge in [-0.2, -0.15) is 0 Å². The number of ether oxygens (including phenoxy) is 2. The molecule has 2 N–H and O–H groups in total. The van der Waals surface area contributed by atoms with E-state index in [9.17, 15) is 19.2 Å². The number of hydrogen-bond acceptors (Lipinski definition) is 7. The van der Waals surface area contributed by atoms with Crippen LogP contribution in [0.25, 0.3) is 0 Å². The number of carbonyl (C=O) groups excluding carboxylic acids is 4. The lowest BCUT2D eigenvalue weighted by atomic mass is 9.91. The van der Waals surface area contributed by atoms with E-state index < -0.39 is 22.9 Å². The minimum absolute atomic E-state index is 0.0906. The molecule has 0 bridgehead atoms. The van der Waals surface area contributed by atoms with E-state index in [2.05, 4.69) is 10.6 Å². The number of carbonyl (C=O) groups is 4. The van der Waals surface area contributed by atoms with Gasteiger partial charge in [0, 0.05) is 16.7 Å². The van der Waals surface area contributed by atoms with Gasteiger partial charge in [-0.1, -0.05) is 26.8 Å². The Bertz CT molecular complexity index is 1180.